The van der Waals surface area contributed by atoms with Gasteiger partial charge in [-0.3, -0.25) is 0 Å². The molecule has 0 aliphatic rings. The van der Waals surface area contributed by atoms with Crippen LogP contribution in [0.1, 0.15) is 26.3 Å². The number of hydrogen-bond acceptors (Lipinski definition) is 4. The molecule has 0 heterocycles. The Morgan fingerprint density at radius 2 is 1.84 bits per heavy atom. The highest BCUT2D eigenvalue weighted by Crippen LogP contribution is 2.28. The van der Waals surface area contributed by atoms with Crippen molar-refractivity contribution in [3.63, 3.8) is 0 Å². The molecule has 0 saturated carbocycles. The number of ether oxygens (including phenoxy) is 3. The summed E-state index contributed by atoms with van der Waals surface area (Å²) in [5.41, 5.74) is 1.03. The van der Waals surface area contributed by atoms with Gasteiger partial charge in [0.2, 0.25) is 0 Å². The molecule has 1 N–H and O–H groups in total. The zero-order chi connectivity index (χ0) is 14.3. The quantitative estimate of drug-likeness (QED) is 0.771. The van der Waals surface area contributed by atoms with Gasteiger partial charge in [-0.15, -0.1) is 0 Å². The molecule has 0 unspecified atom stereocenters. The van der Waals surface area contributed by atoms with Crippen LogP contribution in [0.5, 0.6) is 11.5 Å². The molecule has 1 aromatic rings. The summed E-state index contributed by atoms with van der Waals surface area (Å²) in [6, 6.07) is 5.94. The number of methoxy groups -OCH3 is 1. The molecule has 0 saturated heterocycles. The fourth-order valence-electron chi connectivity index (χ4n) is 1.64. The van der Waals surface area contributed by atoms with Crippen LogP contribution in [0.25, 0.3) is 0 Å². The molecule has 0 bridgehead atoms. The van der Waals surface area contributed by atoms with Crippen molar-refractivity contribution < 1.29 is 14.2 Å². The summed E-state index contributed by atoms with van der Waals surface area (Å²) >= 11 is 0. The van der Waals surface area contributed by atoms with Gasteiger partial charge in [-0.1, -0.05) is 6.07 Å². The third-order valence-electron chi connectivity index (χ3n) is 2.48. The van der Waals surface area contributed by atoms with E-state index in [0.29, 0.717) is 13.2 Å². The SMILES string of the molecule is CNCc1ccc(OCCOC(C)(C)C)c(OC)c1. The zero-order valence-corrected chi connectivity index (χ0v) is 12.6. The van der Waals surface area contributed by atoms with Crippen molar-refractivity contribution in [2.75, 3.05) is 27.4 Å². The molecule has 108 valence electrons. The third kappa shape index (κ3) is 5.94. The summed E-state index contributed by atoms with van der Waals surface area (Å²) < 4.78 is 16.6. The van der Waals surface area contributed by atoms with E-state index in [4.69, 9.17) is 14.2 Å². The van der Waals surface area contributed by atoms with E-state index in [0.717, 1.165) is 23.6 Å². The summed E-state index contributed by atoms with van der Waals surface area (Å²) in [7, 11) is 3.57. The standard InChI is InChI=1S/C15H25NO3/c1-15(2,3)19-9-8-18-13-7-6-12(11-16-4)10-14(13)17-5/h6-7,10,16H,8-9,11H2,1-5H3. The van der Waals surface area contributed by atoms with Gasteiger partial charge >= 0.3 is 0 Å². The first-order chi connectivity index (χ1) is 8.96. The van der Waals surface area contributed by atoms with Gasteiger partial charge in [0, 0.05) is 6.54 Å². The highest BCUT2D eigenvalue weighted by atomic mass is 16.5. The van der Waals surface area contributed by atoms with Crippen molar-refractivity contribution in [2.45, 2.75) is 32.9 Å². The van der Waals surface area contributed by atoms with Gasteiger partial charge in [-0.25, -0.2) is 0 Å². The molecule has 19 heavy (non-hydrogen) atoms. The molecule has 1 rings (SSSR count). The topological polar surface area (TPSA) is 39.7 Å². The first-order valence-electron chi connectivity index (χ1n) is 6.54. The number of benzene rings is 1. The Morgan fingerprint density at radius 1 is 1.11 bits per heavy atom. The van der Waals surface area contributed by atoms with E-state index in [1.165, 1.54) is 0 Å². The van der Waals surface area contributed by atoms with Crippen LogP contribution in [-0.2, 0) is 11.3 Å². The van der Waals surface area contributed by atoms with Crippen molar-refractivity contribution in [1.82, 2.24) is 5.32 Å². The lowest BCUT2D eigenvalue weighted by atomic mass is 10.2. The molecule has 0 aromatic heterocycles. The Morgan fingerprint density at radius 3 is 2.42 bits per heavy atom. The minimum absolute atomic E-state index is 0.135. The lowest BCUT2D eigenvalue weighted by Crippen LogP contribution is -2.22. The fourth-order valence-corrected chi connectivity index (χ4v) is 1.64. The molecule has 0 radical (unpaired) electrons. The number of nitrogens with one attached hydrogen (secondary N) is 1. The Kier molecular flexibility index (Phi) is 6.12. The molecule has 0 aliphatic heterocycles. The third-order valence-corrected chi connectivity index (χ3v) is 2.48. The fraction of sp³-hybridized carbons (Fsp3) is 0.600. The lowest BCUT2D eigenvalue weighted by Gasteiger charge is -2.20. The van der Waals surface area contributed by atoms with Gasteiger partial charge in [0.15, 0.2) is 11.5 Å². The number of hydrogen-bond donors (Lipinski definition) is 1. The Labute approximate surface area is 116 Å². The Balaban J connectivity index is 2.53. The van der Waals surface area contributed by atoms with E-state index in [2.05, 4.69) is 5.32 Å². The molecular weight excluding hydrogens is 242 g/mol. The predicted molar refractivity (Wildman–Crippen MR) is 77.0 cm³/mol. The maximum absolute atomic E-state index is 5.69. The maximum Gasteiger partial charge on any atom is 0.161 e. The Bertz CT molecular complexity index is 385. The van der Waals surface area contributed by atoms with E-state index in [1.807, 2.05) is 46.0 Å². The van der Waals surface area contributed by atoms with Crippen LogP contribution < -0.4 is 14.8 Å². The molecule has 0 fully saturated rings. The summed E-state index contributed by atoms with van der Waals surface area (Å²) in [6.45, 7) is 7.97. The number of rotatable bonds is 7. The van der Waals surface area contributed by atoms with Gasteiger partial charge < -0.3 is 19.5 Å². The highest BCUT2D eigenvalue weighted by Gasteiger charge is 2.10. The van der Waals surface area contributed by atoms with Crippen molar-refractivity contribution in [2.24, 2.45) is 0 Å². The average Bonchev–Trinajstić information content (AvgIpc) is 2.35. The van der Waals surface area contributed by atoms with Crippen molar-refractivity contribution >= 4 is 0 Å². The van der Waals surface area contributed by atoms with Crippen molar-refractivity contribution in [1.29, 1.82) is 0 Å². The maximum atomic E-state index is 5.69. The molecular formula is C15H25NO3. The Hall–Kier alpha value is -1.26. The van der Waals surface area contributed by atoms with Crippen molar-refractivity contribution in [3.05, 3.63) is 23.8 Å². The lowest BCUT2D eigenvalue weighted by molar-refractivity contribution is -0.0165. The van der Waals surface area contributed by atoms with Crippen LogP contribution in [0.3, 0.4) is 0 Å². The van der Waals surface area contributed by atoms with E-state index >= 15 is 0 Å². The minimum Gasteiger partial charge on any atom is -0.493 e. The van der Waals surface area contributed by atoms with Crippen LogP contribution in [0, 0.1) is 0 Å². The van der Waals surface area contributed by atoms with Gasteiger partial charge in [-0.05, 0) is 45.5 Å². The molecule has 4 nitrogen and oxygen atoms in total. The van der Waals surface area contributed by atoms with Crippen LogP contribution >= 0.6 is 0 Å². The molecule has 0 amide bonds. The summed E-state index contributed by atoms with van der Waals surface area (Å²) in [5, 5.41) is 3.11. The zero-order valence-electron chi connectivity index (χ0n) is 12.6. The first kappa shape index (κ1) is 15.8. The molecule has 0 spiro atoms. The summed E-state index contributed by atoms with van der Waals surface area (Å²) in [5.74, 6) is 1.50. The second-order valence-electron chi connectivity index (χ2n) is 5.32. The molecule has 1 aromatic carbocycles. The van der Waals surface area contributed by atoms with Gasteiger partial charge in [0.25, 0.3) is 0 Å². The monoisotopic (exact) mass is 267 g/mol. The second kappa shape index (κ2) is 7.36. The van der Waals surface area contributed by atoms with Gasteiger partial charge in [0.1, 0.15) is 6.61 Å². The summed E-state index contributed by atoms with van der Waals surface area (Å²) in [6.07, 6.45) is 0. The van der Waals surface area contributed by atoms with Crippen LogP contribution in [0.15, 0.2) is 18.2 Å². The molecule has 4 heteroatoms. The molecule has 0 atom stereocenters. The van der Waals surface area contributed by atoms with E-state index in [1.54, 1.807) is 7.11 Å². The van der Waals surface area contributed by atoms with Gasteiger partial charge in [0.05, 0.1) is 19.3 Å². The predicted octanol–water partition coefficient (Wildman–Crippen LogP) is 2.61. The van der Waals surface area contributed by atoms with Gasteiger partial charge in [-0.2, -0.15) is 0 Å². The van der Waals surface area contributed by atoms with E-state index in [9.17, 15) is 0 Å². The first-order valence-corrected chi connectivity index (χ1v) is 6.54. The minimum atomic E-state index is -0.135. The van der Waals surface area contributed by atoms with E-state index < -0.39 is 0 Å². The van der Waals surface area contributed by atoms with Crippen molar-refractivity contribution in [3.8, 4) is 11.5 Å². The summed E-state index contributed by atoms with van der Waals surface area (Å²) in [4.78, 5) is 0. The van der Waals surface area contributed by atoms with Crippen LogP contribution in [0.2, 0.25) is 0 Å². The highest BCUT2D eigenvalue weighted by molar-refractivity contribution is 5.42. The molecule has 0 aliphatic carbocycles. The largest absolute Gasteiger partial charge is 0.493 e. The average molecular weight is 267 g/mol. The second-order valence-corrected chi connectivity index (χ2v) is 5.32. The smallest absolute Gasteiger partial charge is 0.161 e. The van der Waals surface area contributed by atoms with Crippen LogP contribution in [-0.4, -0.2) is 33.0 Å². The normalized spacial score (nSPS) is 11.4. The van der Waals surface area contributed by atoms with E-state index in [-0.39, 0.29) is 5.60 Å². The van der Waals surface area contributed by atoms with Crippen LogP contribution in [0.4, 0.5) is 0 Å².